The molecule has 1 aromatic heterocycles. The smallest absolute Gasteiger partial charge is 0.209 e. The topological polar surface area (TPSA) is 49.5 Å². The minimum atomic E-state index is -0.314. The minimum absolute atomic E-state index is 0.110. The second-order valence-electron chi connectivity index (χ2n) is 4.57. The zero-order valence-corrected chi connectivity index (χ0v) is 11.1. The van der Waals surface area contributed by atoms with Crippen LogP contribution in [0.4, 0.5) is 4.39 Å². The predicted octanol–water partition coefficient (Wildman–Crippen LogP) is 2.56. The molecule has 1 N–H and O–H groups in total. The van der Waals surface area contributed by atoms with Crippen molar-refractivity contribution < 1.29 is 13.9 Å². The zero-order chi connectivity index (χ0) is 13.7. The Morgan fingerprint density at radius 2 is 2.21 bits per heavy atom. The first-order valence-electron chi connectivity index (χ1n) is 6.61. The maximum atomic E-state index is 13.1. The Balaban J connectivity index is 2.09. The van der Waals surface area contributed by atoms with Crippen LogP contribution in [0, 0.1) is 5.82 Å². The summed E-state index contributed by atoms with van der Waals surface area (Å²) in [5.41, 5.74) is 1.13. The molecule has 0 aliphatic heterocycles. The quantitative estimate of drug-likeness (QED) is 0.836. The summed E-state index contributed by atoms with van der Waals surface area (Å²) in [6.45, 7) is 4.26. The summed E-state index contributed by atoms with van der Waals surface area (Å²) in [6.07, 6.45) is 2.16. The van der Waals surface area contributed by atoms with Crippen molar-refractivity contribution in [2.24, 2.45) is 0 Å². The second kappa shape index (κ2) is 6.63. The molecule has 19 heavy (non-hydrogen) atoms. The molecule has 2 rings (SSSR count). The van der Waals surface area contributed by atoms with Gasteiger partial charge in [-0.3, -0.25) is 4.90 Å². The maximum absolute atomic E-state index is 13.1. The van der Waals surface area contributed by atoms with Crippen molar-refractivity contribution in [2.75, 3.05) is 19.7 Å². The Bertz CT molecular complexity index is 527. The molecular formula is C14H19FN2O2. The van der Waals surface area contributed by atoms with E-state index in [0.717, 1.165) is 19.4 Å². The van der Waals surface area contributed by atoms with E-state index in [0.29, 0.717) is 30.1 Å². The Kier molecular flexibility index (Phi) is 4.87. The third-order valence-corrected chi connectivity index (χ3v) is 3.00. The lowest BCUT2D eigenvalue weighted by molar-refractivity contribution is 0.177. The maximum Gasteiger partial charge on any atom is 0.209 e. The monoisotopic (exact) mass is 266 g/mol. The fraction of sp³-hybridized carbons (Fsp3) is 0.500. The Morgan fingerprint density at radius 3 is 2.95 bits per heavy atom. The molecule has 1 heterocycles. The molecule has 0 amide bonds. The summed E-state index contributed by atoms with van der Waals surface area (Å²) in [4.78, 5) is 6.36. The first-order valence-corrected chi connectivity index (χ1v) is 6.61. The van der Waals surface area contributed by atoms with Gasteiger partial charge in [-0.05, 0) is 25.1 Å². The van der Waals surface area contributed by atoms with Crippen molar-refractivity contribution in [3.05, 3.63) is 29.9 Å². The highest BCUT2D eigenvalue weighted by Crippen LogP contribution is 2.17. The lowest BCUT2D eigenvalue weighted by atomic mass is 10.3. The van der Waals surface area contributed by atoms with Gasteiger partial charge in [0, 0.05) is 12.6 Å². The number of aliphatic hydroxyl groups is 1. The molecule has 5 heteroatoms. The number of aliphatic hydroxyl groups excluding tert-OH is 1. The van der Waals surface area contributed by atoms with Gasteiger partial charge in [0.1, 0.15) is 11.3 Å². The van der Waals surface area contributed by atoms with Gasteiger partial charge < -0.3 is 9.52 Å². The molecule has 2 aromatic rings. The van der Waals surface area contributed by atoms with E-state index in [1.54, 1.807) is 6.07 Å². The van der Waals surface area contributed by atoms with Gasteiger partial charge in [-0.1, -0.05) is 13.3 Å². The van der Waals surface area contributed by atoms with Gasteiger partial charge in [0.2, 0.25) is 5.89 Å². The highest BCUT2D eigenvalue weighted by Gasteiger charge is 2.11. The van der Waals surface area contributed by atoms with Crippen LogP contribution in [0.3, 0.4) is 0 Å². The van der Waals surface area contributed by atoms with Gasteiger partial charge in [-0.25, -0.2) is 9.37 Å². The lowest BCUT2D eigenvalue weighted by Gasteiger charge is -2.18. The second-order valence-corrected chi connectivity index (χ2v) is 4.57. The average Bonchev–Trinajstić information content (AvgIpc) is 2.77. The fourth-order valence-electron chi connectivity index (χ4n) is 2.00. The van der Waals surface area contributed by atoms with Gasteiger partial charge in [-0.2, -0.15) is 0 Å². The SMILES string of the molecule is CCCCN(CCO)Cc1nc2cc(F)ccc2o1. The van der Waals surface area contributed by atoms with Crippen LogP contribution in [0.25, 0.3) is 11.1 Å². The number of halogens is 1. The van der Waals surface area contributed by atoms with E-state index in [1.807, 2.05) is 0 Å². The van der Waals surface area contributed by atoms with E-state index < -0.39 is 0 Å². The summed E-state index contributed by atoms with van der Waals surface area (Å²) < 4.78 is 18.6. The minimum Gasteiger partial charge on any atom is -0.439 e. The van der Waals surface area contributed by atoms with E-state index >= 15 is 0 Å². The number of hydrogen-bond acceptors (Lipinski definition) is 4. The van der Waals surface area contributed by atoms with E-state index in [9.17, 15) is 4.39 Å². The number of benzene rings is 1. The number of nitrogens with zero attached hydrogens (tertiary/aromatic N) is 2. The van der Waals surface area contributed by atoms with Crippen LogP contribution >= 0.6 is 0 Å². The highest BCUT2D eigenvalue weighted by atomic mass is 19.1. The first kappa shape index (κ1) is 14.0. The Hall–Kier alpha value is -1.46. The molecule has 0 aliphatic carbocycles. The van der Waals surface area contributed by atoms with E-state index in [4.69, 9.17) is 9.52 Å². The highest BCUT2D eigenvalue weighted by molar-refractivity contribution is 5.72. The van der Waals surface area contributed by atoms with Crippen LogP contribution in [-0.4, -0.2) is 34.7 Å². The van der Waals surface area contributed by atoms with Crippen molar-refractivity contribution in [2.45, 2.75) is 26.3 Å². The van der Waals surface area contributed by atoms with Gasteiger partial charge in [0.25, 0.3) is 0 Å². The first-order chi connectivity index (χ1) is 9.22. The number of fused-ring (bicyclic) bond motifs is 1. The van der Waals surface area contributed by atoms with Gasteiger partial charge >= 0.3 is 0 Å². The molecule has 104 valence electrons. The predicted molar refractivity (Wildman–Crippen MR) is 71.2 cm³/mol. The number of unbranched alkanes of at least 4 members (excludes halogenated alkanes) is 1. The van der Waals surface area contributed by atoms with Crippen LogP contribution in [0.2, 0.25) is 0 Å². The van der Waals surface area contributed by atoms with Crippen LogP contribution < -0.4 is 0 Å². The van der Waals surface area contributed by atoms with Crippen LogP contribution in [0.5, 0.6) is 0 Å². The van der Waals surface area contributed by atoms with E-state index in [1.165, 1.54) is 12.1 Å². The van der Waals surface area contributed by atoms with Crippen LogP contribution in [0.1, 0.15) is 25.7 Å². The average molecular weight is 266 g/mol. The van der Waals surface area contributed by atoms with Crippen molar-refractivity contribution in [1.82, 2.24) is 9.88 Å². The molecule has 0 saturated carbocycles. The molecule has 0 atom stereocenters. The number of rotatable bonds is 7. The van der Waals surface area contributed by atoms with E-state index in [-0.39, 0.29) is 12.4 Å². The van der Waals surface area contributed by atoms with Crippen LogP contribution in [-0.2, 0) is 6.54 Å². The molecule has 0 saturated heterocycles. The molecule has 0 spiro atoms. The molecular weight excluding hydrogens is 247 g/mol. The van der Waals surface area contributed by atoms with Crippen molar-refractivity contribution >= 4 is 11.1 Å². The van der Waals surface area contributed by atoms with Gasteiger partial charge in [0.05, 0.1) is 13.2 Å². The number of aromatic nitrogens is 1. The summed E-state index contributed by atoms with van der Waals surface area (Å²) in [6, 6.07) is 4.31. The summed E-state index contributed by atoms with van der Waals surface area (Å²) in [5.74, 6) is 0.246. The van der Waals surface area contributed by atoms with Crippen molar-refractivity contribution in [3.8, 4) is 0 Å². The molecule has 0 fully saturated rings. The number of hydrogen-bond donors (Lipinski definition) is 1. The summed E-state index contributed by atoms with van der Waals surface area (Å²) in [5, 5.41) is 9.05. The Morgan fingerprint density at radius 1 is 1.37 bits per heavy atom. The largest absolute Gasteiger partial charge is 0.439 e. The standard InChI is InChI=1S/C14H19FN2O2/c1-2-3-6-17(7-8-18)10-14-16-12-9-11(15)4-5-13(12)19-14/h4-5,9,18H,2-3,6-8,10H2,1H3. The molecule has 1 aromatic carbocycles. The van der Waals surface area contributed by atoms with Crippen LogP contribution in [0.15, 0.2) is 22.6 Å². The third kappa shape index (κ3) is 3.75. The molecule has 0 radical (unpaired) electrons. The molecule has 4 nitrogen and oxygen atoms in total. The fourth-order valence-corrected chi connectivity index (χ4v) is 2.00. The van der Waals surface area contributed by atoms with Crippen molar-refractivity contribution in [3.63, 3.8) is 0 Å². The van der Waals surface area contributed by atoms with Crippen molar-refractivity contribution in [1.29, 1.82) is 0 Å². The summed E-state index contributed by atoms with van der Waals surface area (Å²) in [7, 11) is 0. The van der Waals surface area contributed by atoms with Gasteiger partial charge in [-0.15, -0.1) is 0 Å². The third-order valence-electron chi connectivity index (χ3n) is 3.00. The molecule has 0 aliphatic rings. The zero-order valence-electron chi connectivity index (χ0n) is 11.1. The summed E-state index contributed by atoms with van der Waals surface area (Å²) >= 11 is 0. The van der Waals surface area contributed by atoms with Gasteiger partial charge in [0.15, 0.2) is 5.58 Å². The molecule has 0 bridgehead atoms. The molecule has 0 unspecified atom stereocenters. The Labute approximate surface area is 111 Å². The number of oxazole rings is 1. The van der Waals surface area contributed by atoms with E-state index in [2.05, 4.69) is 16.8 Å². The lowest BCUT2D eigenvalue weighted by Crippen LogP contribution is -2.27. The normalized spacial score (nSPS) is 11.6.